The van der Waals surface area contributed by atoms with Crippen molar-refractivity contribution < 1.29 is 32.2 Å². The molecule has 0 N–H and O–H groups in total. The molecule has 0 spiro atoms. The van der Waals surface area contributed by atoms with Gasteiger partial charge in [0, 0.05) is 26.3 Å². The lowest BCUT2D eigenvalue weighted by Gasteiger charge is -2.25. The molecule has 0 saturated heterocycles. The summed E-state index contributed by atoms with van der Waals surface area (Å²) in [5.41, 5.74) is 0. The molecule has 0 aromatic rings. The molecule has 20 heavy (non-hydrogen) atoms. The van der Waals surface area contributed by atoms with Gasteiger partial charge < -0.3 is 14.4 Å². The molecule has 1 atom stereocenters. The van der Waals surface area contributed by atoms with Crippen molar-refractivity contribution in [2.45, 2.75) is 26.4 Å². The summed E-state index contributed by atoms with van der Waals surface area (Å²) in [6.07, 6.45) is -4.69. The number of hydrogen-bond donors (Lipinski definition) is 0. The van der Waals surface area contributed by atoms with E-state index in [1.54, 1.807) is 6.92 Å². The smallest absolute Gasteiger partial charge is 0.469 e. The standard InChI is InChI=1S/C12H20F3NO4/c1-4-20-7-5-6-16(11(18)12(13,14)15)8-9(2)10(17)19-3/h9H,4-8H2,1-3H3. The van der Waals surface area contributed by atoms with Gasteiger partial charge in [0.05, 0.1) is 13.0 Å². The second-order valence-corrected chi connectivity index (χ2v) is 4.22. The van der Waals surface area contributed by atoms with Gasteiger partial charge in [-0.1, -0.05) is 6.92 Å². The predicted molar refractivity (Wildman–Crippen MR) is 64.9 cm³/mol. The number of alkyl halides is 3. The minimum Gasteiger partial charge on any atom is -0.469 e. The second-order valence-electron chi connectivity index (χ2n) is 4.22. The van der Waals surface area contributed by atoms with Gasteiger partial charge in [0.2, 0.25) is 0 Å². The maximum absolute atomic E-state index is 12.5. The van der Waals surface area contributed by atoms with Gasteiger partial charge in [-0.25, -0.2) is 0 Å². The molecule has 0 bridgehead atoms. The Balaban J connectivity index is 4.62. The van der Waals surface area contributed by atoms with Gasteiger partial charge in [0.15, 0.2) is 0 Å². The van der Waals surface area contributed by atoms with E-state index >= 15 is 0 Å². The van der Waals surface area contributed by atoms with Crippen molar-refractivity contribution >= 4 is 11.9 Å². The van der Waals surface area contributed by atoms with Crippen LogP contribution in [0.5, 0.6) is 0 Å². The van der Waals surface area contributed by atoms with Gasteiger partial charge in [-0.3, -0.25) is 9.59 Å². The van der Waals surface area contributed by atoms with Crippen molar-refractivity contribution in [3.05, 3.63) is 0 Å². The van der Waals surface area contributed by atoms with Crippen LogP contribution in [-0.2, 0) is 19.1 Å². The van der Waals surface area contributed by atoms with Gasteiger partial charge in [0.25, 0.3) is 0 Å². The van der Waals surface area contributed by atoms with Crippen LogP contribution >= 0.6 is 0 Å². The Morgan fingerprint density at radius 2 is 1.90 bits per heavy atom. The molecule has 0 radical (unpaired) electrons. The Labute approximate surface area is 116 Å². The van der Waals surface area contributed by atoms with Gasteiger partial charge in [0.1, 0.15) is 0 Å². The Morgan fingerprint density at radius 3 is 2.35 bits per heavy atom. The van der Waals surface area contributed by atoms with Crippen molar-refractivity contribution in [3.8, 4) is 0 Å². The van der Waals surface area contributed by atoms with Crippen molar-refractivity contribution in [3.63, 3.8) is 0 Å². The van der Waals surface area contributed by atoms with Gasteiger partial charge in [-0.15, -0.1) is 0 Å². The molecule has 0 aliphatic rings. The topological polar surface area (TPSA) is 55.8 Å². The number of ether oxygens (including phenoxy) is 2. The molecule has 0 rings (SSSR count). The molecule has 0 fully saturated rings. The lowest BCUT2D eigenvalue weighted by Crippen LogP contribution is -2.45. The fourth-order valence-electron chi connectivity index (χ4n) is 1.56. The number of esters is 1. The lowest BCUT2D eigenvalue weighted by molar-refractivity contribution is -0.186. The zero-order valence-electron chi connectivity index (χ0n) is 11.8. The van der Waals surface area contributed by atoms with Gasteiger partial charge in [-0.05, 0) is 13.3 Å². The van der Waals surface area contributed by atoms with E-state index in [4.69, 9.17) is 4.74 Å². The Hall–Kier alpha value is -1.31. The molecule has 0 aliphatic carbocycles. The minimum atomic E-state index is -4.96. The van der Waals surface area contributed by atoms with Crippen LogP contribution in [0.2, 0.25) is 0 Å². The van der Waals surface area contributed by atoms with E-state index in [9.17, 15) is 22.8 Å². The average molecular weight is 299 g/mol. The van der Waals surface area contributed by atoms with Gasteiger partial charge in [-0.2, -0.15) is 13.2 Å². The zero-order chi connectivity index (χ0) is 15.8. The highest BCUT2D eigenvalue weighted by Gasteiger charge is 2.42. The molecule has 8 heteroatoms. The van der Waals surface area contributed by atoms with E-state index in [1.807, 2.05) is 0 Å². The molecule has 5 nitrogen and oxygen atoms in total. The fraction of sp³-hybridized carbons (Fsp3) is 0.833. The van der Waals surface area contributed by atoms with Crippen molar-refractivity contribution in [2.75, 3.05) is 33.4 Å². The molecule has 0 aromatic heterocycles. The van der Waals surface area contributed by atoms with E-state index < -0.39 is 24.0 Å². The second kappa shape index (κ2) is 8.78. The van der Waals surface area contributed by atoms with Crippen LogP contribution in [0.1, 0.15) is 20.3 Å². The predicted octanol–water partition coefficient (Wildman–Crippen LogP) is 1.61. The Bertz CT molecular complexity index is 320. The highest BCUT2D eigenvalue weighted by molar-refractivity contribution is 5.82. The minimum absolute atomic E-state index is 0.125. The molecule has 0 saturated carbocycles. The number of halogens is 3. The van der Waals surface area contributed by atoms with E-state index in [0.717, 1.165) is 7.11 Å². The maximum atomic E-state index is 12.5. The first-order valence-corrected chi connectivity index (χ1v) is 6.25. The van der Waals surface area contributed by atoms with E-state index in [2.05, 4.69) is 4.74 Å². The highest BCUT2D eigenvalue weighted by Crippen LogP contribution is 2.19. The van der Waals surface area contributed by atoms with Crippen LogP contribution in [0, 0.1) is 5.92 Å². The summed E-state index contributed by atoms with van der Waals surface area (Å²) in [4.78, 5) is 23.1. The largest absolute Gasteiger partial charge is 0.471 e. The van der Waals surface area contributed by atoms with Gasteiger partial charge >= 0.3 is 18.1 Å². The first-order valence-electron chi connectivity index (χ1n) is 6.25. The Kier molecular flexibility index (Phi) is 8.21. The normalized spacial score (nSPS) is 12.9. The van der Waals surface area contributed by atoms with Crippen LogP contribution in [-0.4, -0.2) is 56.4 Å². The fourth-order valence-corrected chi connectivity index (χ4v) is 1.56. The third-order valence-corrected chi connectivity index (χ3v) is 2.55. The molecular weight excluding hydrogens is 279 g/mol. The first-order chi connectivity index (χ1) is 9.23. The summed E-state index contributed by atoms with van der Waals surface area (Å²) in [5.74, 6) is -3.43. The van der Waals surface area contributed by atoms with Crippen LogP contribution < -0.4 is 0 Å². The lowest BCUT2D eigenvalue weighted by atomic mass is 10.1. The highest BCUT2D eigenvalue weighted by atomic mass is 19.4. The van der Waals surface area contributed by atoms with Crippen molar-refractivity contribution in [2.24, 2.45) is 5.92 Å². The summed E-state index contributed by atoms with van der Waals surface area (Å²) < 4.78 is 46.9. The summed E-state index contributed by atoms with van der Waals surface area (Å²) in [7, 11) is 1.14. The Morgan fingerprint density at radius 1 is 1.30 bits per heavy atom. The molecule has 0 aromatic carbocycles. The summed E-state index contributed by atoms with van der Waals surface area (Å²) in [6, 6.07) is 0. The van der Waals surface area contributed by atoms with Crippen LogP contribution in [0.3, 0.4) is 0 Å². The molecule has 1 amide bonds. The number of rotatable bonds is 8. The quantitative estimate of drug-likeness (QED) is 0.505. The monoisotopic (exact) mass is 299 g/mol. The summed E-state index contributed by atoms with van der Waals surface area (Å²) in [6.45, 7) is 3.41. The molecular formula is C12H20F3NO4. The number of hydrogen-bond acceptors (Lipinski definition) is 4. The number of methoxy groups -OCH3 is 1. The number of nitrogens with zero attached hydrogens (tertiary/aromatic N) is 1. The number of amides is 1. The summed E-state index contributed by atoms with van der Waals surface area (Å²) in [5, 5.41) is 0. The van der Waals surface area contributed by atoms with Crippen LogP contribution in [0.25, 0.3) is 0 Å². The van der Waals surface area contributed by atoms with E-state index in [-0.39, 0.29) is 26.1 Å². The average Bonchev–Trinajstić information content (AvgIpc) is 2.39. The molecule has 0 heterocycles. The van der Waals surface area contributed by atoms with Crippen LogP contribution in [0.4, 0.5) is 13.2 Å². The molecule has 0 aliphatic heterocycles. The molecule has 118 valence electrons. The number of carbonyl (C=O) groups is 2. The van der Waals surface area contributed by atoms with Crippen molar-refractivity contribution in [1.29, 1.82) is 0 Å². The SMILES string of the molecule is CCOCCCN(CC(C)C(=O)OC)C(=O)C(F)(F)F. The third-order valence-electron chi connectivity index (χ3n) is 2.55. The maximum Gasteiger partial charge on any atom is 0.471 e. The first kappa shape index (κ1) is 18.7. The summed E-state index contributed by atoms with van der Waals surface area (Å²) >= 11 is 0. The van der Waals surface area contributed by atoms with Crippen molar-refractivity contribution in [1.82, 2.24) is 4.90 Å². The van der Waals surface area contributed by atoms with E-state index in [0.29, 0.717) is 11.5 Å². The molecule has 1 unspecified atom stereocenters. The van der Waals surface area contributed by atoms with E-state index in [1.165, 1.54) is 6.92 Å². The number of carbonyl (C=O) groups excluding carboxylic acids is 2. The van der Waals surface area contributed by atoms with Crippen LogP contribution in [0.15, 0.2) is 0 Å². The zero-order valence-corrected chi connectivity index (χ0v) is 11.8. The third kappa shape index (κ3) is 6.74.